The number of nitrogens with one attached hydrogen (secondary N) is 2. The van der Waals surface area contributed by atoms with Crippen LogP contribution in [0.15, 0.2) is 64.4 Å². The van der Waals surface area contributed by atoms with Gasteiger partial charge in [-0.05, 0) is 30.2 Å². The van der Waals surface area contributed by atoms with Gasteiger partial charge in [0.2, 0.25) is 15.7 Å². The van der Waals surface area contributed by atoms with E-state index in [0.717, 1.165) is 0 Å². The van der Waals surface area contributed by atoms with E-state index in [9.17, 15) is 18.0 Å². The van der Waals surface area contributed by atoms with Gasteiger partial charge >= 0.3 is 0 Å². The van der Waals surface area contributed by atoms with Crippen molar-refractivity contribution < 1.29 is 22.7 Å². The molecule has 8 nitrogen and oxygen atoms in total. The summed E-state index contributed by atoms with van der Waals surface area (Å²) in [5.74, 6) is -0.602. The molecule has 2 aromatic carbocycles. The number of carbonyl (C=O) groups is 2. The first-order chi connectivity index (χ1) is 15.4. The van der Waals surface area contributed by atoms with Crippen LogP contribution in [0.2, 0.25) is 0 Å². The van der Waals surface area contributed by atoms with Crippen LogP contribution in [0.3, 0.4) is 0 Å². The highest BCUT2D eigenvalue weighted by Crippen LogP contribution is 2.32. The van der Waals surface area contributed by atoms with Crippen LogP contribution in [0.4, 0.5) is 0 Å². The molecule has 1 aliphatic rings. The number of sulfone groups is 1. The molecule has 3 aromatic rings. The van der Waals surface area contributed by atoms with E-state index in [0.29, 0.717) is 40.9 Å². The Balaban J connectivity index is 1.33. The van der Waals surface area contributed by atoms with Gasteiger partial charge < -0.3 is 15.4 Å². The van der Waals surface area contributed by atoms with E-state index < -0.39 is 15.7 Å². The number of ether oxygens (including phenoxy) is 1. The molecule has 32 heavy (non-hydrogen) atoms. The van der Waals surface area contributed by atoms with Crippen molar-refractivity contribution in [3.63, 3.8) is 0 Å². The summed E-state index contributed by atoms with van der Waals surface area (Å²) in [4.78, 5) is 29.3. The zero-order valence-corrected chi connectivity index (χ0v) is 18.1. The highest BCUT2D eigenvalue weighted by molar-refractivity contribution is 7.96. The number of aromatic nitrogens is 1. The number of hydrogen-bond acceptors (Lipinski definition) is 6. The summed E-state index contributed by atoms with van der Waals surface area (Å²) in [7, 11) is -2.32. The summed E-state index contributed by atoms with van der Waals surface area (Å²) in [5, 5.41) is 6.12. The fourth-order valence-electron chi connectivity index (χ4n) is 3.49. The van der Waals surface area contributed by atoms with Crippen molar-refractivity contribution in [3.05, 3.63) is 70.6 Å². The first-order valence-electron chi connectivity index (χ1n) is 9.98. The summed E-state index contributed by atoms with van der Waals surface area (Å²) >= 11 is 0. The maximum absolute atomic E-state index is 12.7. The third-order valence-corrected chi connectivity index (χ3v) is 6.91. The second kappa shape index (κ2) is 8.80. The van der Waals surface area contributed by atoms with Crippen LogP contribution < -0.4 is 15.4 Å². The summed E-state index contributed by atoms with van der Waals surface area (Å²) in [5.41, 5.74) is 1.60. The zero-order valence-electron chi connectivity index (χ0n) is 17.3. The van der Waals surface area contributed by atoms with E-state index in [1.165, 1.54) is 19.3 Å². The number of hydrogen-bond donors (Lipinski definition) is 2. The average Bonchev–Trinajstić information content (AvgIpc) is 3.08. The van der Waals surface area contributed by atoms with Gasteiger partial charge in [0.25, 0.3) is 11.8 Å². The second-order valence-electron chi connectivity index (χ2n) is 7.14. The minimum absolute atomic E-state index is 0.136. The molecule has 2 N–H and O–H groups in total. The van der Waals surface area contributed by atoms with Crippen LogP contribution in [0.5, 0.6) is 5.88 Å². The lowest BCUT2D eigenvalue weighted by Crippen LogP contribution is -2.31. The van der Waals surface area contributed by atoms with E-state index in [2.05, 4.69) is 15.6 Å². The Morgan fingerprint density at radius 3 is 2.41 bits per heavy atom. The molecule has 0 spiro atoms. The molecule has 0 saturated carbocycles. The van der Waals surface area contributed by atoms with Gasteiger partial charge in [-0.15, -0.1) is 0 Å². The molecule has 164 valence electrons. The summed E-state index contributed by atoms with van der Waals surface area (Å²) in [6, 6.07) is 15.3. The SMILES string of the molecule is COc1cc(C(=O)NCCCNC(=O)C2=Cc3ccccc3S2(=O)=O)c2ccccc2n1. The molecule has 0 atom stereocenters. The van der Waals surface area contributed by atoms with Crippen LogP contribution in [0, 0.1) is 0 Å². The first kappa shape index (κ1) is 21.5. The van der Waals surface area contributed by atoms with Gasteiger partial charge in [0, 0.05) is 24.5 Å². The zero-order chi connectivity index (χ0) is 22.7. The number of rotatable bonds is 7. The first-order valence-corrected chi connectivity index (χ1v) is 11.5. The highest BCUT2D eigenvalue weighted by Gasteiger charge is 2.33. The number of benzene rings is 2. The number of amides is 2. The fraction of sp³-hybridized carbons (Fsp3) is 0.174. The average molecular weight is 452 g/mol. The van der Waals surface area contributed by atoms with Gasteiger partial charge in [-0.25, -0.2) is 13.4 Å². The number of carbonyl (C=O) groups excluding carboxylic acids is 2. The minimum Gasteiger partial charge on any atom is -0.481 e. The maximum atomic E-state index is 12.7. The Morgan fingerprint density at radius 1 is 0.969 bits per heavy atom. The molecular formula is C23H21N3O5S. The molecule has 9 heteroatoms. The number of methoxy groups -OCH3 is 1. The highest BCUT2D eigenvalue weighted by atomic mass is 32.2. The van der Waals surface area contributed by atoms with Gasteiger partial charge in [0.15, 0.2) is 0 Å². The van der Waals surface area contributed by atoms with Crippen LogP contribution >= 0.6 is 0 Å². The van der Waals surface area contributed by atoms with E-state index in [1.54, 1.807) is 30.3 Å². The Labute approximate surface area is 185 Å². The lowest BCUT2D eigenvalue weighted by molar-refractivity contribution is -0.116. The molecule has 1 aromatic heterocycles. The summed E-state index contributed by atoms with van der Waals surface area (Å²) in [6.45, 7) is 0.507. The summed E-state index contributed by atoms with van der Waals surface area (Å²) in [6.07, 6.45) is 1.81. The maximum Gasteiger partial charge on any atom is 0.263 e. The minimum atomic E-state index is -3.80. The molecule has 0 fully saturated rings. The van der Waals surface area contributed by atoms with Crippen LogP contribution in [0.25, 0.3) is 17.0 Å². The Morgan fingerprint density at radius 2 is 1.66 bits per heavy atom. The number of pyridine rings is 1. The third-order valence-electron chi connectivity index (χ3n) is 5.08. The largest absolute Gasteiger partial charge is 0.481 e. The van der Waals surface area contributed by atoms with Gasteiger partial charge in [0.1, 0.15) is 4.91 Å². The molecule has 0 bridgehead atoms. The molecule has 2 amide bonds. The van der Waals surface area contributed by atoms with Crippen LogP contribution in [-0.2, 0) is 14.6 Å². The second-order valence-corrected chi connectivity index (χ2v) is 9.03. The quantitative estimate of drug-likeness (QED) is 0.533. The number of para-hydroxylation sites is 1. The van der Waals surface area contributed by atoms with Crippen molar-refractivity contribution in [2.75, 3.05) is 20.2 Å². The molecule has 0 saturated heterocycles. The van der Waals surface area contributed by atoms with E-state index in [-0.39, 0.29) is 22.3 Å². The molecule has 0 aliphatic carbocycles. The van der Waals surface area contributed by atoms with Crippen LogP contribution in [0.1, 0.15) is 22.3 Å². The Hall–Kier alpha value is -3.72. The van der Waals surface area contributed by atoms with E-state index in [1.807, 2.05) is 18.2 Å². The Bertz CT molecular complexity index is 1350. The predicted molar refractivity (Wildman–Crippen MR) is 120 cm³/mol. The molecule has 0 unspecified atom stereocenters. The predicted octanol–water partition coefficient (Wildman–Crippen LogP) is 2.31. The monoisotopic (exact) mass is 451 g/mol. The van der Waals surface area contributed by atoms with Gasteiger partial charge in [-0.1, -0.05) is 36.4 Å². The van der Waals surface area contributed by atoms with Crippen molar-refractivity contribution in [3.8, 4) is 5.88 Å². The number of nitrogens with zero attached hydrogens (tertiary/aromatic N) is 1. The molecule has 4 rings (SSSR count). The lowest BCUT2D eigenvalue weighted by atomic mass is 10.1. The standard InChI is InChI=1S/C23H21N3O5S/c1-31-21-14-17(16-8-3-4-9-18(16)26-21)22(27)24-11-6-12-25-23(28)20-13-15-7-2-5-10-19(15)32(20,29)30/h2-5,7-10,13-14H,6,11-12H2,1H3,(H,24,27)(H,25,28). The van der Waals surface area contributed by atoms with Crippen molar-refractivity contribution in [2.24, 2.45) is 0 Å². The van der Waals surface area contributed by atoms with Gasteiger partial charge in [-0.3, -0.25) is 9.59 Å². The van der Waals surface area contributed by atoms with Crippen molar-refractivity contribution in [1.29, 1.82) is 0 Å². The number of fused-ring (bicyclic) bond motifs is 2. The van der Waals surface area contributed by atoms with Crippen molar-refractivity contribution >= 4 is 38.6 Å². The third kappa shape index (κ3) is 4.06. The molecule has 1 aliphatic heterocycles. The topological polar surface area (TPSA) is 114 Å². The van der Waals surface area contributed by atoms with E-state index in [4.69, 9.17) is 4.74 Å². The molecular weight excluding hydrogens is 430 g/mol. The van der Waals surface area contributed by atoms with E-state index >= 15 is 0 Å². The van der Waals surface area contributed by atoms with Gasteiger partial charge in [0.05, 0.1) is 23.1 Å². The Kier molecular flexibility index (Phi) is 5.91. The normalized spacial score (nSPS) is 13.8. The van der Waals surface area contributed by atoms with Crippen molar-refractivity contribution in [2.45, 2.75) is 11.3 Å². The summed E-state index contributed by atoms with van der Waals surface area (Å²) < 4.78 is 30.2. The van der Waals surface area contributed by atoms with Crippen molar-refractivity contribution in [1.82, 2.24) is 15.6 Å². The molecule has 2 heterocycles. The molecule has 0 radical (unpaired) electrons. The van der Waals surface area contributed by atoms with Crippen LogP contribution in [-0.4, -0.2) is 45.4 Å². The van der Waals surface area contributed by atoms with Gasteiger partial charge in [-0.2, -0.15) is 0 Å². The fourth-order valence-corrected chi connectivity index (χ4v) is 5.02. The lowest BCUT2D eigenvalue weighted by Gasteiger charge is -2.10. The smallest absolute Gasteiger partial charge is 0.263 e.